The molecule has 1 fully saturated rings. The second kappa shape index (κ2) is 6.46. The Kier molecular flexibility index (Phi) is 5.58. The van der Waals surface area contributed by atoms with Crippen molar-refractivity contribution in [1.82, 2.24) is 10.6 Å². The third kappa shape index (κ3) is 3.44. The molecule has 1 saturated heterocycles. The average Bonchev–Trinajstić information content (AvgIpc) is 2.27. The van der Waals surface area contributed by atoms with Crippen molar-refractivity contribution in [2.24, 2.45) is 11.8 Å². The van der Waals surface area contributed by atoms with Crippen LogP contribution < -0.4 is 10.6 Å². The Balaban J connectivity index is 2.50. The van der Waals surface area contributed by atoms with E-state index in [0.29, 0.717) is 30.5 Å². The van der Waals surface area contributed by atoms with Gasteiger partial charge in [0, 0.05) is 31.8 Å². The van der Waals surface area contributed by atoms with Gasteiger partial charge in [0.05, 0.1) is 0 Å². The van der Waals surface area contributed by atoms with Crippen LogP contribution in [-0.4, -0.2) is 36.9 Å². The number of hydrogen-bond donors (Lipinski definition) is 3. The molecule has 0 radical (unpaired) electrons. The normalized spacial score (nSPS) is 31.2. The topological polar surface area (TPSA) is 44.3 Å². The minimum Gasteiger partial charge on any atom is -0.396 e. The maximum Gasteiger partial charge on any atom is 0.0462 e. The molecule has 3 nitrogen and oxygen atoms in total. The van der Waals surface area contributed by atoms with E-state index in [9.17, 15) is 5.11 Å². The van der Waals surface area contributed by atoms with E-state index in [1.165, 1.54) is 0 Å². The van der Waals surface area contributed by atoms with Crippen LogP contribution in [0.25, 0.3) is 0 Å². The standard InChI is InChI=1S/C12H26N2O/c1-4-10(8-15)11(5-2)12-7-13-9(3)6-14-12/h9-15H,4-8H2,1-3H3. The summed E-state index contributed by atoms with van der Waals surface area (Å²) in [6, 6.07) is 1.11. The minimum absolute atomic E-state index is 0.322. The van der Waals surface area contributed by atoms with Crippen LogP contribution in [0.2, 0.25) is 0 Å². The van der Waals surface area contributed by atoms with Crippen LogP contribution in [0, 0.1) is 11.8 Å². The molecule has 0 aromatic heterocycles. The van der Waals surface area contributed by atoms with Gasteiger partial charge in [-0.3, -0.25) is 0 Å². The van der Waals surface area contributed by atoms with E-state index in [0.717, 1.165) is 25.9 Å². The van der Waals surface area contributed by atoms with Gasteiger partial charge in [0.1, 0.15) is 0 Å². The predicted molar refractivity (Wildman–Crippen MR) is 63.9 cm³/mol. The summed E-state index contributed by atoms with van der Waals surface area (Å²) in [6.45, 7) is 9.00. The van der Waals surface area contributed by atoms with Crippen LogP contribution in [0.5, 0.6) is 0 Å². The van der Waals surface area contributed by atoms with Crippen molar-refractivity contribution < 1.29 is 5.11 Å². The number of piperazine rings is 1. The van der Waals surface area contributed by atoms with Crippen molar-refractivity contribution in [1.29, 1.82) is 0 Å². The summed E-state index contributed by atoms with van der Waals surface area (Å²) < 4.78 is 0. The lowest BCUT2D eigenvalue weighted by molar-refractivity contribution is 0.129. The average molecular weight is 214 g/mol. The Morgan fingerprint density at radius 1 is 1.20 bits per heavy atom. The summed E-state index contributed by atoms with van der Waals surface area (Å²) in [5.74, 6) is 1.04. The molecule has 3 N–H and O–H groups in total. The van der Waals surface area contributed by atoms with Crippen LogP contribution in [0.1, 0.15) is 33.6 Å². The summed E-state index contributed by atoms with van der Waals surface area (Å²) in [4.78, 5) is 0. The van der Waals surface area contributed by atoms with Crippen molar-refractivity contribution in [2.45, 2.75) is 45.7 Å². The second-order valence-electron chi connectivity index (χ2n) is 4.75. The Bertz CT molecular complexity index is 163. The van der Waals surface area contributed by atoms with Gasteiger partial charge in [-0.05, 0) is 18.8 Å². The molecule has 4 unspecified atom stereocenters. The highest BCUT2D eigenvalue weighted by Gasteiger charge is 2.28. The van der Waals surface area contributed by atoms with E-state index in [1.54, 1.807) is 0 Å². The fourth-order valence-corrected chi connectivity index (χ4v) is 2.62. The molecular formula is C12H26N2O. The molecule has 0 aliphatic carbocycles. The van der Waals surface area contributed by atoms with Crippen LogP contribution in [0.15, 0.2) is 0 Å². The van der Waals surface area contributed by atoms with E-state index in [2.05, 4.69) is 31.4 Å². The first-order valence-electron chi connectivity index (χ1n) is 6.30. The van der Waals surface area contributed by atoms with Crippen LogP contribution in [-0.2, 0) is 0 Å². The zero-order chi connectivity index (χ0) is 11.3. The highest BCUT2D eigenvalue weighted by Crippen LogP contribution is 2.23. The Morgan fingerprint density at radius 3 is 2.33 bits per heavy atom. The first-order valence-corrected chi connectivity index (χ1v) is 6.30. The fraction of sp³-hybridized carbons (Fsp3) is 1.00. The van der Waals surface area contributed by atoms with Crippen molar-refractivity contribution in [3.8, 4) is 0 Å². The lowest BCUT2D eigenvalue weighted by Crippen LogP contribution is -2.57. The van der Waals surface area contributed by atoms with Crippen molar-refractivity contribution in [3.63, 3.8) is 0 Å². The SMILES string of the molecule is CCC(CO)C(CC)C1CNC(C)CN1. The van der Waals surface area contributed by atoms with Crippen LogP contribution >= 0.6 is 0 Å². The lowest BCUT2D eigenvalue weighted by Gasteiger charge is -2.37. The highest BCUT2D eigenvalue weighted by molar-refractivity contribution is 4.87. The van der Waals surface area contributed by atoms with Gasteiger partial charge in [-0.2, -0.15) is 0 Å². The summed E-state index contributed by atoms with van der Waals surface area (Å²) in [5, 5.41) is 16.5. The molecule has 1 aliphatic heterocycles. The van der Waals surface area contributed by atoms with Gasteiger partial charge in [-0.1, -0.05) is 26.7 Å². The molecule has 0 amide bonds. The smallest absolute Gasteiger partial charge is 0.0462 e. The summed E-state index contributed by atoms with van der Waals surface area (Å²) >= 11 is 0. The molecule has 1 rings (SSSR count). The molecule has 0 aromatic carbocycles. The fourth-order valence-electron chi connectivity index (χ4n) is 2.62. The second-order valence-corrected chi connectivity index (χ2v) is 4.75. The van der Waals surface area contributed by atoms with Crippen LogP contribution in [0.4, 0.5) is 0 Å². The van der Waals surface area contributed by atoms with Crippen LogP contribution in [0.3, 0.4) is 0 Å². The van der Waals surface area contributed by atoms with Gasteiger partial charge in [0.15, 0.2) is 0 Å². The number of aliphatic hydroxyl groups excluding tert-OH is 1. The summed E-state index contributed by atoms with van der Waals surface area (Å²) in [6.07, 6.45) is 2.22. The van der Waals surface area contributed by atoms with Gasteiger partial charge in [0.2, 0.25) is 0 Å². The first-order chi connectivity index (χ1) is 7.22. The molecule has 0 bridgehead atoms. The summed E-state index contributed by atoms with van der Waals surface area (Å²) in [7, 11) is 0. The zero-order valence-corrected chi connectivity index (χ0v) is 10.3. The van der Waals surface area contributed by atoms with Gasteiger partial charge in [-0.25, -0.2) is 0 Å². The molecule has 4 atom stereocenters. The van der Waals surface area contributed by atoms with E-state index in [4.69, 9.17) is 0 Å². The van der Waals surface area contributed by atoms with E-state index in [1.807, 2.05) is 0 Å². The molecule has 0 saturated carbocycles. The third-order valence-corrected chi connectivity index (χ3v) is 3.73. The largest absolute Gasteiger partial charge is 0.396 e. The maximum absolute atomic E-state index is 9.36. The Morgan fingerprint density at radius 2 is 1.93 bits per heavy atom. The monoisotopic (exact) mass is 214 g/mol. The summed E-state index contributed by atoms with van der Waals surface area (Å²) in [5.41, 5.74) is 0. The van der Waals surface area contributed by atoms with Crippen molar-refractivity contribution >= 4 is 0 Å². The van der Waals surface area contributed by atoms with Crippen molar-refractivity contribution in [2.75, 3.05) is 19.7 Å². The zero-order valence-electron chi connectivity index (χ0n) is 10.3. The Hall–Kier alpha value is -0.120. The third-order valence-electron chi connectivity index (χ3n) is 3.73. The van der Waals surface area contributed by atoms with E-state index in [-0.39, 0.29) is 0 Å². The number of rotatable bonds is 5. The molecule has 0 aromatic rings. The molecule has 1 aliphatic rings. The molecule has 15 heavy (non-hydrogen) atoms. The van der Waals surface area contributed by atoms with Gasteiger partial charge in [-0.15, -0.1) is 0 Å². The highest BCUT2D eigenvalue weighted by atomic mass is 16.3. The van der Waals surface area contributed by atoms with Crippen molar-refractivity contribution in [3.05, 3.63) is 0 Å². The number of aliphatic hydroxyl groups is 1. The molecule has 1 heterocycles. The number of nitrogens with one attached hydrogen (secondary N) is 2. The van der Waals surface area contributed by atoms with Gasteiger partial charge >= 0.3 is 0 Å². The van der Waals surface area contributed by atoms with E-state index < -0.39 is 0 Å². The maximum atomic E-state index is 9.36. The molecule has 90 valence electrons. The minimum atomic E-state index is 0.322. The molecular weight excluding hydrogens is 188 g/mol. The van der Waals surface area contributed by atoms with Gasteiger partial charge in [0.25, 0.3) is 0 Å². The number of hydrogen-bond acceptors (Lipinski definition) is 3. The Labute approximate surface area is 93.6 Å². The van der Waals surface area contributed by atoms with Gasteiger partial charge < -0.3 is 15.7 Å². The molecule has 0 spiro atoms. The quantitative estimate of drug-likeness (QED) is 0.639. The first kappa shape index (κ1) is 12.9. The predicted octanol–water partition coefficient (Wildman–Crippen LogP) is 0.981. The lowest BCUT2D eigenvalue weighted by atomic mass is 9.82. The van der Waals surface area contributed by atoms with E-state index >= 15 is 0 Å². The molecule has 3 heteroatoms.